The van der Waals surface area contributed by atoms with Crippen LogP contribution in [0.25, 0.3) is 0 Å². The Morgan fingerprint density at radius 3 is 2.75 bits per heavy atom. The Kier molecular flexibility index (Phi) is 6.80. The fraction of sp³-hybridized carbons (Fsp3) is 0.938. The third-order valence-corrected chi connectivity index (χ3v) is 3.66. The quantitative estimate of drug-likeness (QED) is 0.812. The van der Waals surface area contributed by atoms with Crippen molar-refractivity contribution in [1.82, 2.24) is 10.2 Å². The van der Waals surface area contributed by atoms with E-state index in [0.717, 1.165) is 32.5 Å². The zero-order valence-corrected chi connectivity index (χ0v) is 13.9. The van der Waals surface area contributed by atoms with E-state index in [0.29, 0.717) is 12.0 Å². The van der Waals surface area contributed by atoms with E-state index in [1.807, 2.05) is 25.7 Å². The van der Waals surface area contributed by atoms with Crippen molar-refractivity contribution in [2.45, 2.75) is 71.9 Å². The minimum Gasteiger partial charge on any atom is -0.444 e. The lowest BCUT2D eigenvalue weighted by atomic mass is 10.1. The van der Waals surface area contributed by atoms with E-state index < -0.39 is 5.60 Å². The van der Waals surface area contributed by atoms with Gasteiger partial charge in [-0.25, -0.2) is 4.79 Å². The van der Waals surface area contributed by atoms with Gasteiger partial charge in [-0.3, -0.25) is 0 Å². The lowest BCUT2D eigenvalue weighted by Crippen LogP contribution is -2.44. The smallest absolute Gasteiger partial charge is 0.410 e. The van der Waals surface area contributed by atoms with Gasteiger partial charge >= 0.3 is 6.09 Å². The number of hydrogen-bond acceptors (Lipinski definition) is 3. The van der Waals surface area contributed by atoms with Gasteiger partial charge in [0.05, 0.1) is 0 Å². The van der Waals surface area contributed by atoms with E-state index in [4.69, 9.17) is 4.74 Å². The van der Waals surface area contributed by atoms with Gasteiger partial charge in [-0.2, -0.15) is 0 Å². The number of rotatable bonds is 6. The minimum absolute atomic E-state index is 0.164. The summed E-state index contributed by atoms with van der Waals surface area (Å²) in [5.74, 6) is 0.705. The summed E-state index contributed by atoms with van der Waals surface area (Å²) in [5, 5.41) is 3.51. The summed E-state index contributed by atoms with van der Waals surface area (Å²) in [7, 11) is 0. The van der Waals surface area contributed by atoms with Crippen molar-refractivity contribution in [3.8, 4) is 0 Å². The second-order valence-electron chi connectivity index (χ2n) is 7.02. The molecule has 0 aromatic rings. The van der Waals surface area contributed by atoms with Crippen molar-refractivity contribution in [3.63, 3.8) is 0 Å². The number of hydrogen-bond donors (Lipinski definition) is 1. The fourth-order valence-corrected chi connectivity index (χ4v) is 2.70. The zero-order chi connectivity index (χ0) is 15.2. The Morgan fingerprint density at radius 1 is 1.45 bits per heavy atom. The van der Waals surface area contributed by atoms with E-state index in [-0.39, 0.29) is 6.09 Å². The van der Waals surface area contributed by atoms with Crippen molar-refractivity contribution in [1.29, 1.82) is 0 Å². The summed E-state index contributed by atoms with van der Waals surface area (Å²) in [5.41, 5.74) is -0.409. The maximum Gasteiger partial charge on any atom is 0.410 e. The molecule has 1 N–H and O–H groups in total. The van der Waals surface area contributed by atoms with Gasteiger partial charge in [0.25, 0.3) is 0 Å². The summed E-state index contributed by atoms with van der Waals surface area (Å²) in [6, 6.07) is 0.290. The molecule has 4 nitrogen and oxygen atoms in total. The summed E-state index contributed by atoms with van der Waals surface area (Å²) in [4.78, 5) is 14.0. The van der Waals surface area contributed by atoms with Crippen LogP contribution in [0.1, 0.15) is 60.3 Å². The Balaban J connectivity index is 2.35. The normalized spacial score (nSPS) is 21.1. The monoisotopic (exact) mass is 284 g/mol. The Morgan fingerprint density at radius 2 is 2.15 bits per heavy atom. The molecular weight excluding hydrogens is 252 g/mol. The van der Waals surface area contributed by atoms with Crippen LogP contribution in [0.3, 0.4) is 0 Å². The first-order chi connectivity index (χ1) is 9.33. The van der Waals surface area contributed by atoms with E-state index in [1.54, 1.807) is 0 Å². The molecule has 1 heterocycles. The van der Waals surface area contributed by atoms with Crippen LogP contribution in [-0.4, -0.2) is 42.3 Å². The van der Waals surface area contributed by atoms with Gasteiger partial charge in [-0.05, 0) is 52.5 Å². The highest BCUT2D eigenvalue weighted by Gasteiger charge is 2.31. The number of amides is 1. The second kappa shape index (κ2) is 7.87. The number of nitrogens with zero attached hydrogens (tertiary/aromatic N) is 1. The predicted octanol–water partition coefficient (Wildman–Crippen LogP) is 3.41. The fourth-order valence-electron chi connectivity index (χ4n) is 2.70. The lowest BCUT2D eigenvalue weighted by Gasteiger charge is -2.29. The SMILES string of the molecule is CCCC(C)CNCC1CCCN1C(=O)OC(C)(C)C. The van der Waals surface area contributed by atoms with Crippen LogP contribution < -0.4 is 5.32 Å². The summed E-state index contributed by atoms with van der Waals surface area (Å²) < 4.78 is 5.48. The molecular formula is C16H32N2O2. The number of carbonyl (C=O) groups excluding carboxylic acids is 1. The maximum absolute atomic E-state index is 12.1. The van der Waals surface area contributed by atoms with Crippen molar-refractivity contribution < 1.29 is 9.53 Å². The molecule has 2 atom stereocenters. The molecule has 1 fully saturated rings. The van der Waals surface area contributed by atoms with E-state index >= 15 is 0 Å². The highest BCUT2D eigenvalue weighted by Crippen LogP contribution is 2.20. The molecule has 1 aliphatic heterocycles. The highest BCUT2D eigenvalue weighted by atomic mass is 16.6. The minimum atomic E-state index is -0.409. The molecule has 2 unspecified atom stereocenters. The molecule has 0 spiro atoms. The predicted molar refractivity (Wildman–Crippen MR) is 82.9 cm³/mol. The van der Waals surface area contributed by atoms with Crippen LogP contribution in [0, 0.1) is 5.92 Å². The highest BCUT2D eigenvalue weighted by molar-refractivity contribution is 5.69. The molecule has 0 saturated carbocycles. The van der Waals surface area contributed by atoms with Crippen LogP contribution in [-0.2, 0) is 4.74 Å². The van der Waals surface area contributed by atoms with Gasteiger partial charge in [0.1, 0.15) is 5.60 Å². The van der Waals surface area contributed by atoms with Gasteiger partial charge in [0, 0.05) is 19.1 Å². The summed E-state index contributed by atoms with van der Waals surface area (Å²) in [6.45, 7) is 13.0. The van der Waals surface area contributed by atoms with E-state index in [2.05, 4.69) is 19.2 Å². The second-order valence-corrected chi connectivity index (χ2v) is 7.02. The maximum atomic E-state index is 12.1. The number of ether oxygens (including phenoxy) is 1. The molecule has 1 saturated heterocycles. The first-order valence-corrected chi connectivity index (χ1v) is 8.03. The largest absolute Gasteiger partial charge is 0.444 e. The number of nitrogens with one attached hydrogen (secondary N) is 1. The Labute approximate surface area is 124 Å². The molecule has 118 valence electrons. The third kappa shape index (κ3) is 6.12. The van der Waals surface area contributed by atoms with Crippen LogP contribution in [0.4, 0.5) is 4.79 Å². The molecule has 0 aromatic carbocycles. The third-order valence-electron chi connectivity index (χ3n) is 3.66. The summed E-state index contributed by atoms with van der Waals surface area (Å²) >= 11 is 0. The lowest BCUT2D eigenvalue weighted by molar-refractivity contribution is 0.0226. The summed E-state index contributed by atoms with van der Waals surface area (Å²) in [6.07, 6.45) is 4.48. The molecule has 0 radical (unpaired) electrons. The van der Waals surface area contributed by atoms with Gasteiger partial charge < -0.3 is 15.0 Å². The molecule has 1 rings (SSSR count). The van der Waals surface area contributed by atoms with Crippen LogP contribution in [0.5, 0.6) is 0 Å². The molecule has 1 aliphatic rings. The Hall–Kier alpha value is -0.770. The zero-order valence-electron chi connectivity index (χ0n) is 13.9. The van der Waals surface area contributed by atoms with Gasteiger partial charge in [-0.1, -0.05) is 20.3 Å². The first kappa shape index (κ1) is 17.3. The molecule has 0 aliphatic carbocycles. The van der Waals surface area contributed by atoms with Crippen LogP contribution in [0.15, 0.2) is 0 Å². The van der Waals surface area contributed by atoms with Gasteiger partial charge in [0.15, 0.2) is 0 Å². The van der Waals surface area contributed by atoms with Crippen molar-refractivity contribution in [2.75, 3.05) is 19.6 Å². The van der Waals surface area contributed by atoms with Gasteiger partial charge in [0.2, 0.25) is 0 Å². The topological polar surface area (TPSA) is 41.6 Å². The first-order valence-electron chi connectivity index (χ1n) is 8.03. The Bertz CT molecular complexity index is 299. The van der Waals surface area contributed by atoms with Gasteiger partial charge in [-0.15, -0.1) is 0 Å². The molecule has 4 heteroatoms. The molecule has 1 amide bonds. The average molecular weight is 284 g/mol. The molecule has 20 heavy (non-hydrogen) atoms. The van der Waals surface area contributed by atoms with E-state index in [9.17, 15) is 4.79 Å². The molecule has 0 aromatic heterocycles. The average Bonchev–Trinajstić information content (AvgIpc) is 2.75. The van der Waals surface area contributed by atoms with Crippen molar-refractivity contribution >= 4 is 6.09 Å². The number of likely N-dealkylation sites (tertiary alicyclic amines) is 1. The van der Waals surface area contributed by atoms with Crippen molar-refractivity contribution in [2.24, 2.45) is 5.92 Å². The standard InChI is InChI=1S/C16H32N2O2/c1-6-8-13(2)11-17-12-14-9-7-10-18(14)15(19)20-16(3,4)5/h13-14,17H,6-12H2,1-5H3. The van der Waals surface area contributed by atoms with Crippen molar-refractivity contribution in [3.05, 3.63) is 0 Å². The van der Waals surface area contributed by atoms with Crippen LogP contribution in [0.2, 0.25) is 0 Å². The number of carbonyl (C=O) groups is 1. The van der Waals surface area contributed by atoms with Crippen LogP contribution >= 0.6 is 0 Å². The molecule has 0 bridgehead atoms. The van der Waals surface area contributed by atoms with E-state index in [1.165, 1.54) is 12.8 Å².